The molecule has 0 radical (unpaired) electrons. The SMILES string of the molecule is O=C(O)C1CCN(C(=O)NCc2ccc(Br)cc2Cl)CC1. The number of halogens is 2. The molecule has 1 saturated heterocycles. The molecule has 1 fully saturated rings. The molecule has 0 aromatic heterocycles. The third kappa shape index (κ3) is 4.35. The van der Waals surface area contributed by atoms with Gasteiger partial charge in [0.15, 0.2) is 0 Å². The Labute approximate surface area is 136 Å². The minimum absolute atomic E-state index is 0.183. The number of rotatable bonds is 3. The molecular weight excluding hydrogens is 360 g/mol. The van der Waals surface area contributed by atoms with E-state index in [0.717, 1.165) is 10.0 Å². The highest BCUT2D eigenvalue weighted by atomic mass is 79.9. The van der Waals surface area contributed by atoms with Crippen molar-refractivity contribution in [2.24, 2.45) is 5.92 Å². The van der Waals surface area contributed by atoms with Gasteiger partial charge in [0.2, 0.25) is 0 Å². The Bertz CT molecular complexity index is 545. The predicted octanol–water partition coefficient (Wildman–Crippen LogP) is 3.11. The number of nitrogens with one attached hydrogen (secondary N) is 1. The van der Waals surface area contributed by atoms with Gasteiger partial charge < -0.3 is 15.3 Å². The van der Waals surface area contributed by atoms with Crippen LogP contribution in [0, 0.1) is 5.92 Å². The van der Waals surface area contributed by atoms with Crippen LogP contribution >= 0.6 is 27.5 Å². The monoisotopic (exact) mass is 374 g/mol. The number of hydrogen-bond acceptors (Lipinski definition) is 2. The molecule has 1 aromatic rings. The van der Waals surface area contributed by atoms with E-state index in [1.165, 1.54) is 0 Å². The number of urea groups is 1. The average Bonchev–Trinajstić information content (AvgIpc) is 2.46. The van der Waals surface area contributed by atoms with Crippen LogP contribution < -0.4 is 5.32 Å². The fraction of sp³-hybridized carbons (Fsp3) is 0.429. The summed E-state index contributed by atoms with van der Waals surface area (Å²) >= 11 is 9.42. The molecule has 114 valence electrons. The van der Waals surface area contributed by atoms with E-state index in [0.29, 0.717) is 37.5 Å². The Morgan fingerprint density at radius 2 is 2.05 bits per heavy atom. The minimum atomic E-state index is -0.781. The molecule has 0 aliphatic carbocycles. The van der Waals surface area contributed by atoms with Crippen molar-refractivity contribution >= 4 is 39.5 Å². The zero-order valence-corrected chi connectivity index (χ0v) is 13.7. The van der Waals surface area contributed by atoms with E-state index in [1.54, 1.807) is 11.0 Å². The second-order valence-electron chi connectivity index (χ2n) is 4.99. The number of carbonyl (C=O) groups is 2. The van der Waals surface area contributed by atoms with Crippen LogP contribution in [0.15, 0.2) is 22.7 Å². The summed E-state index contributed by atoms with van der Waals surface area (Å²) in [6.07, 6.45) is 1.00. The van der Waals surface area contributed by atoms with Gasteiger partial charge in [-0.15, -0.1) is 0 Å². The van der Waals surface area contributed by atoms with Crippen molar-refractivity contribution in [3.8, 4) is 0 Å². The first-order valence-corrected chi connectivity index (χ1v) is 7.84. The van der Waals surface area contributed by atoms with E-state index >= 15 is 0 Å². The zero-order chi connectivity index (χ0) is 15.4. The molecule has 21 heavy (non-hydrogen) atoms. The fourth-order valence-corrected chi connectivity index (χ4v) is 3.02. The number of nitrogens with zero attached hydrogens (tertiary/aromatic N) is 1. The van der Waals surface area contributed by atoms with Crippen LogP contribution in [0.1, 0.15) is 18.4 Å². The lowest BCUT2D eigenvalue weighted by Gasteiger charge is -2.30. The number of carboxylic acid groups (broad SMARTS) is 1. The first kappa shape index (κ1) is 16.1. The molecule has 1 aliphatic heterocycles. The summed E-state index contributed by atoms with van der Waals surface area (Å²) in [5, 5.41) is 12.3. The highest BCUT2D eigenvalue weighted by molar-refractivity contribution is 9.10. The van der Waals surface area contributed by atoms with Gasteiger partial charge in [-0.3, -0.25) is 4.79 Å². The summed E-state index contributed by atoms with van der Waals surface area (Å²) < 4.78 is 0.887. The van der Waals surface area contributed by atoms with E-state index in [1.807, 2.05) is 12.1 Å². The number of carbonyl (C=O) groups excluding carboxylic acids is 1. The Balaban J connectivity index is 1.84. The van der Waals surface area contributed by atoms with E-state index in [-0.39, 0.29) is 11.9 Å². The lowest BCUT2D eigenvalue weighted by atomic mass is 9.97. The molecule has 2 rings (SSSR count). The molecule has 0 spiro atoms. The number of hydrogen-bond donors (Lipinski definition) is 2. The second kappa shape index (κ2) is 7.13. The van der Waals surface area contributed by atoms with Gasteiger partial charge in [-0.1, -0.05) is 33.6 Å². The lowest BCUT2D eigenvalue weighted by Crippen LogP contribution is -2.45. The number of amides is 2. The first-order chi connectivity index (χ1) is 9.97. The van der Waals surface area contributed by atoms with E-state index in [9.17, 15) is 9.59 Å². The zero-order valence-electron chi connectivity index (χ0n) is 11.3. The highest BCUT2D eigenvalue weighted by Crippen LogP contribution is 2.21. The van der Waals surface area contributed by atoms with Crippen LogP contribution in [-0.4, -0.2) is 35.1 Å². The summed E-state index contributed by atoms with van der Waals surface area (Å²) in [5.74, 6) is -1.12. The van der Waals surface area contributed by atoms with Crippen molar-refractivity contribution in [1.29, 1.82) is 0 Å². The van der Waals surface area contributed by atoms with Gasteiger partial charge in [0, 0.05) is 29.1 Å². The van der Waals surface area contributed by atoms with Crippen LogP contribution in [-0.2, 0) is 11.3 Å². The third-order valence-corrected chi connectivity index (χ3v) is 4.42. The van der Waals surface area contributed by atoms with E-state index in [4.69, 9.17) is 16.7 Å². The molecule has 2 N–H and O–H groups in total. The normalized spacial score (nSPS) is 15.8. The molecule has 0 saturated carbocycles. The topological polar surface area (TPSA) is 69.6 Å². The van der Waals surface area contributed by atoms with E-state index in [2.05, 4.69) is 21.2 Å². The van der Waals surface area contributed by atoms with Crippen LogP contribution in [0.2, 0.25) is 5.02 Å². The van der Waals surface area contributed by atoms with Gasteiger partial charge in [-0.2, -0.15) is 0 Å². The summed E-state index contributed by atoms with van der Waals surface area (Å²) in [6.45, 7) is 1.29. The Kier molecular flexibility index (Phi) is 5.47. The molecule has 1 aliphatic rings. The maximum absolute atomic E-state index is 12.0. The maximum atomic E-state index is 12.0. The average molecular weight is 376 g/mol. The lowest BCUT2D eigenvalue weighted by molar-refractivity contribution is -0.143. The fourth-order valence-electron chi connectivity index (χ4n) is 2.28. The Morgan fingerprint density at radius 1 is 1.38 bits per heavy atom. The van der Waals surface area contributed by atoms with Crippen molar-refractivity contribution in [3.63, 3.8) is 0 Å². The summed E-state index contributed by atoms with van der Waals surface area (Å²) in [7, 11) is 0. The maximum Gasteiger partial charge on any atom is 0.317 e. The second-order valence-corrected chi connectivity index (χ2v) is 6.32. The number of benzene rings is 1. The molecule has 0 bridgehead atoms. The largest absolute Gasteiger partial charge is 0.481 e. The van der Waals surface area contributed by atoms with Gasteiger partial charge in [0.05, 0.1) is 5.92 Å². The van der Waals surface area contributed by atoms with Crippen LogP contribution in [0.25, 0.3) is 0 Å². The predicted molar refractivity (Wildman–Crippen MR) is 83.3 cm³/mol. The standard InChI is InChI=1S/C14H16BrClN2O3/c15-11-2-1-10(12(16)7-11)8-17-14(21)18-5-3-9(4-6-18)13(19)20/h1-2,7,9H,3-6,8H2,(H,17,21)(H,19,20). The van der Waals surface area contributed by atoms with Gasteiger partial charge in [0.1, 0.15) is 0 Å². The molecule has 2 amide bonds. The first-order valence-electron chi connectivity index (χ1n) is 6.67. The molecule has 0 atom stereocenters. The summed E-state index contributed by atoms with van der Waals surface area (Å²) in [4.78, 5) is 24.6. The molecule has 1 aromatic carbocycles. The van der Waals surface area contributed by atoms with Gasteiger partial charge in [-0.05, 0) is 30.5 Å². The Morgan fingerprint density at radius 3 is 2.62 bits per heavy atom. The molecular formula is C14H16BrClN2O3. The van der Waals surface area contributed by atoms with Crippen molar-refractivity contribution in [2.45, 2.75) is 19.4 Å². The minimum Gasteiger partial charge on any atom is -0.481 e. The highest BCUT2D eigenvalue weighted by Gasteiger charge is 2.26. The number of piperidine rings is 1. The molecule has 7 heteroatoms. The van der Waals surface area contributed by atoms with Crippen LogP contribution in [0.4, 0.5) is 4.79 Å². The number of aliphatic carboxylic acids is 1. The quantitative estimate of drug-likeness (QED) is 0.853. The number of carboxylic acids is 1. The van der Waals surface area contributed by atoms with Crippen molar-refractivity contribution in [2.75, 3.05) is 13.1 Å². The van der Waals surface area contributed by atoms with Crippen molar-refractivity contribution in [1.82, 2.24) is 10.2 Å². The smallest absolute Gasteiger partial charge is 0.317 e. The van der Waals surface area contributed by atoms with Gasteiger partial charge >= 0.3 is 12.0 Å². The summed E-state index contributed by atoms with van der Waals surface area (Å²) in [6, 6.07) is 5.31. The van der Waals surface area contributed by atoms with Crippen molar-refractivity contribution < 1.29 is 14.7 Å². The van der Waals surface area contributed by atoms with Crippen LogP contribution in [0.5, 0.6) is 0 Å². The molecule has 0 unspecified atom stereocenters. The van der Waals surface area contributed by atoms with Gasteiger partial charge in [0.25, 0.3) is 0 Å². The molecule has 1 heterocycles. The van der Waals surface area contributed by atoms with Crippen molar-refractivity contribution in [3.05, 3.63) is 33.3 Å². The van der Waals surface area contributed by atoms with Gasteiger partial charge in [-0.25, -0.2) is 4.79 Å². The third-order valence-electron chi connectivity index (χ3n) is 3.58. The summed E-state index contributed by atoms with van der Waals surface area (Å²) in [5.41, 5.74) is 0.841. The van der Waals surface area contributed by atoms with Crippen LogP contribution in [0.3, 0.4) is 0 Å². The number of likely N-dealkylation sites (tertiary alicyclic amines) is 1. The van der Waals surface area contributed by atoms with E-state index < -0.39 is 5.97 Å². The Hall–Kier alpha value is -1.27. The molecule has 5 nitrogen and oxygen atoms in total.